The highest BCUT2D eigenvalue weighted by Crippen LogP contribution is 2.22. The van der Waals surface area contributed by atoms with Gasteiger partial charge in [-0.15, -0.1) is 0 Å². The summed E-state index contributed by atoms with van der Waals surface area (Å²) < 4.78 is 1.69. The molecule has 1 aromatic carbocycles. The summed E-state index contributed by atoms with van der Waals surface area (Å²) in [5.74, 6) is 1.96. The standard InChI is InChI=1S/C19H23ClN8/c1-13-15(18(20)28(25-13)14-9-7-6-8-10-14)12-21-24-16-11-17(26(2)3)23-19(22-16)27(4)5/h6-12H,1-5H3,(H,22,23,24)/b21-12+. The summed E-state index contributed by atoms with van der Waals surface area (Å²) in [4.78, 5) is 12.7. The molecule has 0 radical (unpaired) electrons. The molecule has 0 aliphatic heterocycles. The fourth-order valence-corrected chi connectivity index (χ4v) is 2.79. The lowest BCUT2D eigenvalue weighted by atomic mass is 10.3. The number of hydrazone groups is 1. The number of benzene rings is 1. The van der Waals surface area contributed by atoms with Crippen LogP contribution in [0, 0.1) is 6.92 Å². The number of aryl methyl sites for hydroxylation is 1. The van der Waals surface area contributed by atoms with E-state index in [-0.39, 0.29) is 0 Å². The third-order valence-electron chi connectivity index (χ3n) is 3.98. The highest BCUT2D eigenvalue weighted by molar-refractivity contribution is 6.32. The molecule has 0 unspecified atom stereocenters. The van der Waals surface area contributed by atoms with Crippen molar-refractivity contribution in [3.8, 4) is 5.69 Å². The first-order chi connectivity index (χ1) is 13.4. The van der Waals surface area contributed by atoms with Crippen molar-refractivity contribution in [1.29, 1.82) is 0 Å². The number of nitrogens with one attached hydrogen (secondary N) is 1. The van der Waals surface area contributed by atoms with Crippen LogP contribution in [0.4, 0.5) is 17.6 Å². The molecular formula is C19H23ClN8. The Hall–Kier alpha value is -3.13. The van der Waals surface area contributed by atoms with E-state index in [1.165, 1.54) is 0 Å². The first kappa shape index (κ1) is 19.6. The molecule has 146 valence electrons. The second-order valence-electron chi connectivity index (χ2n) is 6.61. The van der Waals surface area contributed by atoms with Crippen LogP contribution in [0.1, 0.15) is 11.3 Å². The van der Waals surface area contributed by atoms with Gasteiger partial charge in [0, 0.05) is 34.3 Å². The highest BCUT2D eigenvalue weighted by atomic mass is 35.5. The van der Waals surface area contributed by atoms with Crippen LogP contribution < -0.4 is 15.2 Å². The van der Waals surface area contributed by atoms with Crippen LogP contribution >= 0.6 is 11.6 Å². The van der Waals surface area contributed by atoms with Gasteiger partial charge in [-0.1, -0.05) is 29.8 Å². The zero-order valence-corrected chi connectivity index (χ0v) is 17.3. The molecule has 1 N–H and O–H groups in total. The number of aromatic nitrogens is 4. The fourth-order valence-electron chi connectivity index (χ4n) is 2.47. The molecule has 0 spiro atoms. The quantitative estimate of drug-likeness (QED) is 0.507. The number of rotatable bonds is 6. The minimum Gasteiger partial charge on any atom is -0.363 e. The van der Waals surface area contributed by atoms with E-state index in [9.17, 15) is 0 Å². The minimum absolute atomic E-state index is 0.500. The van der Waals surface area contributed by atoms with Gasteiger partial charge in [0.1, 0.15) is 11.0 Å². The molecule has 0 atom stereocenters. The summed E-state index contributed by atoms with van der Waals surface area (Å²) >= 11 is 6.52. The van der Waals surface area contributed by atoms with E-state index in [1.54, 1.807) is 10.9 Å². The van der Waals surface area contributed by atoms with Crippen molar-refractivity contribution in [3.63, 3.8) is 0 Å². The van der Waals surface area contributed by atoms with E-state index >= 15 is 0 Å². The molecule has 9 heteroatoms. The third kappa shape index (κ3) is 4.23. The number of halogens is 1. The average Bonchev–Trinajstić information content (AvgIpc) is 2.96. The van der Waals surface area contributed by atoms with Crippen LogP contribution in [0.5, 0.6) is 0 Å². The van der Waals surface area contributed by atoms with Crippen molar-refractivity contribution >= 4 is 35.4 Å². The number of nitrogens with zero attached hydrogens (tertiary/aromatic N) is 7. The van der Waals surface area contributed by atoms with Gasteiger partial charge in [0.05, 0.1) is 23.2 Å². The Bertz CT molecular complexity index is 953. The zero-order chi connectivity index (χ0) is 20.3. The maximum Gasteiger partial charge on any atom is 0.228 e. The number of hydrogen-bond acceptors (Lipinski definition) is 7. The average molecular weight is 399 g/mol. The second kappa shape index (κ2) is 8.26. The highest BCUT2D eigenvalue weighted by Gasteiger charge is 2.13. The Kier molecular flexibility index (Phi) is 5.79. The largest absolute Gasteiger partial charge is 0.363 e. The normalized spacial score (nSPS) is 11.1. The number of para-hydroxylation sites is 1. The van der Waals surface area contributed by atoms with Crippen molar-refractivity contribution in [2.45, 2.75) is 6.92 Å². The van der Waals surface area contributed by atoms with E-state index in [4.69, 9.17) is 11.6 Å². The van der Waals surface area contributed by atoms with Crippen molar-refractivity contribution in [2.75, 3.05) is 43.4 Å². The summed E-state index contributed by atoms with van der Waals surface area (Å²) in [6, 6.07) is 11.6. The van der Waals surface area contributed by atoms with Crippen LogP contribution in [-0.2, 0) is 0 Å². The molecular weight excluding hydrogens is 376 g/mol. The monoisotopic (exact) mass is 398 g/mol. The van der Waals surface area contributed by atoms with Crippen molar-refractivity contribution in [2.24, 2.45) is 5.10 Å². The van der Waals surface area contributed by atoms with E-state index < -0.39 is 0 Å². The van der Waals surface area contributed by atoms with E-state index in [1.807, 2.05) is 81.3 Å². The van der Waals surface area contributed by atoms with E-state index in [0.717, 1.165) is 22.8 Å². The van der Waals surface area contributed by atoms with Gasteiger partial charge >= 0.3 is 0 Å². The lowest BCUT2D eigenvalue weighted by molar-refractivity contribution is 0.863. The van der Waals surface area contributed by atoms with Gasteiger partial charge in [0.25, 0.3) is 0 Å². The Morgan fingerprint density at radius 2 is 1.79 bits per heavy atom. The smallest absolute Gasteiger partial charge is 0.228 e. The maximum atomic E-state index is 6.52. The molecule has 0 amide bonds. The Morgan fingerprint density at radius 1 is 1.07 bits per heavy atom. The van der Waals surface area contributed by atoms with Gasteiger partial charge in [-0.25, -0.2) is 4.68 Å². The number of hydrogen-bond donors (Lipinski definition) is 1. The SMILES string of the molecule is Cc1nn(-c2ccccc2)c(Cl)c1/C=N/Nc1cc(N(C)C)nc(N(C)C)n1. The summed E-state index contributed by atoms with van der Waals surface area (Å²) in [6.07, 6.45) is 1.65. The molecule has 0 aliphatic rings. The predicted octanol–water partition coefficient (Wildman–Crippen LogP) is 3.20. The molecule has 0 aliphatic carbocycles. The lowest BCUT2D eigenvalue weighted by Gasteiger charge is -2.16. The number of anilines is 3. The van der Waals surface area contributed by atoms with Gasteiger partial charge < -0.3 is 9.80 Å². The molecule has 28 heavy (non-hydrogen) atoms. The maximum absolute atomic E-state index is 6.52. The van der Waals surface area contributed by atoms with Gasteiger partial charge in [-0.05, 0) is 19.1 Å². The molecule has 2 heterocycles. The lowest BCUT2D eigenvalue weighted by Crippen LogP contribution is -2.17. The zero-order valence-electron chi connectivity index (χ0n) is 16.5. The van der Waals surface area contributed by atoms with Crippen LogP contribution in [0.2, 0.25) is 5.15 Å². The van der Waals surface area contributed by atoms with Crippen LogP contribution in [-0.4, -0.2) is 54.2 Å². The Balaban J connectivity index is 1.85. The first-order valence-electron chi connectivity index (χ1n) is 8.70. The molecule has 3 rings (SSSR count). The van der Waals surface area contributed by atoms with Gasteiger partial charge in [0.2, 0.25) is 5.95 Å². The van der Waals surface area contributed by atoms with Gasteiger partial charge in [-0.2, -0.15) is 20.2 Å². The molecule has 0 bridgehead atoms. The summed E-state index contributed by atoms with van der Waals surface area (Å²) in [5.41, 5.74) is 5.38. The van der Waals surface area contributed by atoms with Gasteiger partial charge in [-0.3, -0.25) is 5.43 Å². The molecule has 8 nitrogen and oxygen atoms in total. The Labute approximate surface area is 169 Å². The van der Waals surface area contributed by atoms with Gasteiger partial charge in [0.15, 0.2) is 5.82 Å². The van der Waals surface area contributed by atoms with Crippen molar-refractivity contribution in [1.82, 2.24) is 19.7 Å². The van der Waals surface area contributed by atoms with Crippen LogP contribution in [0.25, 0.3) is 5.69 Å². The van der Waals surface area contributed by atoms with Crippen LogP contribution in [0.15, 0.2) is 41.5 Å². The summed E-state index contributed by atoms with van der Waals surface area (Å²) in [7, 11) is 7.64. The third-order valence-corrected chi connectivity index (χ3v) is 4.34. The van der Waals surface area contributed by atoms with Crippen LogP contribution in [0.3, 0.4) is 0 Å². The summed E-state index contributed by atoms with van der Waals surface area (Å²) in [5, 5.41) is 9.31. The van der Waals surface area contributed by atoms with E-state index in [2.05, 4.69) is 25.6 Å². The van der Waals surface area contributed by atoms with E-state index in [0.29, 0.717) is 16.9 Å². The van der Waals surface area contributed by atoms with Crippen molar-refractivity contribution < 1.29 is 0 Å². The second-order valence-corrected chi connectivity index (χ2v) is 6.97. The fraction of sp³-hybridized carbons (Fsp3) is 0.263. The topological polar surface area (TPSA) is 74.5 Å². The molecule has 3 aromatic rings. The minimum atomic E-state index is 0.500. The van der Waals surface area contributed by atoms with Crippen molar-refractivity contribution in [3.05, 3.63) is 52.8 Å². The molecule has 0 saturated heterocycles. The molecule has 0 fully saturated rings. The Morgan fingerprint density at radius 3 is 2.43 bits per heavy atom. The predicted molar refractivity (Wildman–Crippen MR) is 115 cm³/mol. The molecule has 0 saturated carbocycles. The first-order valence-corrected chi connectivity index (χ1v) is 9.08. The molecule has 2 aromatic heterocycles. The summed E-state index contributed by atoms with van der Waals surface area (Å²) in [6.45, 7) is 1.89.